The highest BCUT2D eigenvalue weighted by Gasteiger charge is 2.36. The van der Waals surface area contributed by atoms with E-state index in [1.165, 1.54) is 11.3 Å². The van der Waals surface area contributed by atoms with Crippen molar-refractivity contribution in [3.63, 3.8) is 0 Å². The molecule has 0 radical (unpaired) electrons. The highest BCUT2D eigenvalue weighted by atomic mass is 32.1. The molecular formula is C29H26N2O5S. The number of methoxy groups -OCH3 is 2. The number of nitrogens with zero attached hydrogens (tertiary/aromatic N) is 2. The molecule has 0 unspecified atom stereocenters. The molecule has 7 nitrogen and oxygen atoms in total. The molecule has 0 N–H and O–H groups in total. The molecule has 4 aromatic rings. The van der Waals surface area contributed by atoms with Crippen LogP contribution >= 0.6 is 11.3 Å². The first-order valence-corrected chi connectivity index (χ1v) is 12.7. The van der Waals surface area contributed by atoms with Gasteiger partial charge in [0.1, 0.15) is 17.5 Å². The number of para-hydroxylation sites is 1. The van der Waals surface area contributed by atoms with Gasteiger partial charge in [0.15, 0.2) is 4.80 Å². The van der Waals surface area contributed by atoms with Crippen LogP contribution < -0.4 is 24.4 Å². The van der Waals surface area contributed by atoms with Crippen LogP contribution in [0.3, 0.4) is 0 Å². The summed E-state index contributed by atoms with van der Waals surface area (Å²) in [6.07, 6.45) is 1.80. The van der Waals surface area contributed by atoms with E-state index in [1.54, 1.807) is 38.7 Å². The first kappa shape index (κ1) is 24.5. The third kappa shape index (κ3) is 4.23. The smallest absolute Gasteiger partial charge is 0.338 e. The van der Waals surface area contributed by atoms with Gasteiger partial charge in [-0.05, 0) is 42.8 Å². The fraction of sp³-hybridized carbons (Fsp3) is 0.207. The molecule has 0 spiro atoms. The zero-order valence-electron chi connectivity index (χ0n) is 21.0. The zero-order chi connectivity index (χ0) is 26.1. The summed E-state index contributed by atoms with van der Waals surface area (Å²) in [5.41, 5.74) is 2.04. The van der Waals surface area contributed by atoms with E-state index in [4.69, 9.17) is 14.2 Å². The van der Waals surface area contributed by atoms with Gasteiger partial charge in [-0.15, -0.1) is 0 Å². The molecule has 1 aromatic heterocycles. The van der Waals surface area contributed by atoms with E-state index in [-0.39, 0.29) is 12.2 Å². The predicted octanol–water partition coefficient (Wildman–Crippen LogP) is 3.97. The lowest BCUT2D eigenvalue weighted by molar-refractivity contribution is -0.139. The molecule has 0 saturated heterocycles. The van der Waals surface area contributed by atoms with Crippen LogP contribution in [-0.4, -0.2) is 31.4 Å². The Labute approximate surface area is 217 Å². The molecule has 0 bridgehead atoms. The number of aromatic nitrogens is 1. The van der Waals surface area contributed by atoms with Gasteiger partial charge in [-0.1, -0.05) is 59.9 Å². The molecule has 2 heterocycles. The average molecular weight is 515 g/mol. The maximum Gasteiger partial charge on any atom is 0.338 e. The topological polar surface area (TPSA) is 79.1 Å². The van der Waals surface area contributed by atoms with Crippen LogP contribution in [0.2, 0.25) is 0 Å². The quantitative estimate of drug-likeness (QED) is 0.364. The summed E-state index contributed by atoms with van der Waals surface area (Å²) in [6.45, 7) is 3.73. The molecule has 188 valence electrons. The van der Waals surface area contributed by atoms with Crippen LogP contribution in [0.15, 0.2) is 81.7 Å². The van der Waals surface area contributed by atoms with Crippen LogP contribution in [-0.2, 0) is 9.53 Å². The number of allylic oxidation sites excluding steroid dienone is 1. The van der Waals surface area contributed by atoms with Gasteiger partial charge < -0.3 is 14.2 Å². The highest BCUT2D eigenvalue weighted by molar-refractivity contribution is 7.07. The Balaban J connectivity index is 1.86. The van der Waals surface area contributed by atoms with E-state index in [2.05, 4.69) is 4.99 Å². The maximum absolute atomic E-state index is 14.0. The molecule has 0 saturated carbocycles. The van der Waals surface area contributed by atoms with E-state index in [0.717, 1.165) is 16.3 Å². The van der Waals surface area contributed by atoms with Crippen molar-refractivity contribution in [3.05, 3.63) is 103 Å². The Morgan fingerprint density at radius 2 is 1.76 bits per heavy atom. The van der Waals surface area contributed by atoms with Gasteiger partial charge >= 0.3 is 5.97 Å². The molecule has 3 aromatic carbocycles. The van der Waals surface area contributed by atoms with Crippen molar-refractivity contribution in [2.45, 2.75) is 19.9 Å². The van der Waals surface area contributed by atoms with E-state index < -0.39 is 12.0 Å². The maximum atomic E-state index is 14.0. The SMILES string of the molecule is CCOC(=O)C1=C(C)N=c2s/c(=C/c3ccccc3OC)c(=O)n2[C@H]1c1c(OC)ccc2ccccc12. The van der Waals surface area contributed by atoms with Gasteiger partial charge in [0.25, 0.3) is 5.56 Å². The molecule has 8 heteroatoms. The van der Waals surface area contributed by atoms with E-state index in [9.17, 15) is 9.59 Å². The van der Waals surface area contributed by atoms with Gasteiger partial charge in [-0.2, -0.15) is 0 Å². The zero-order valence-corrected chi connectivity index (χ0v) is 21.8. The van der Waals surface area contributed by atoms with E-state index in [0.29, 0.717) is 37.7 Å². The van der Waals surface area contributed by atoms with Crippen LogP contribution in [0.5, 0.6) is 11.5 Å². The summed E-state index contributed by atoms with van der Waals surface area (Å²) < 4.78 is 18.8. The Morgan fingerprint density at radius 3 is 2.51 bits per heavy atom. The number of benzene rings is 3. The number of ether oxygens (including phenoxy) is 3. The van der Waals surface area contributed by atoms with Crippen molar-refractivity contribution in [1.29, 1.82) is 0 Å². The molecule has 0 amide bonds. The summed E-state index contributed by atoms with van der Waals surface area (Å²) in [5.74, 6) is 0.714. The number of rotatable bonds is 6. The minimum Gasteiger partial charge on any atom is -0.496 e. The predicted molar refractivity (Wildman–Crippen MR) is 144 cm³/mol. The Morgan fingerprint density at radius 1 is 1.03 bits per heavy atom. The summed E-state index contributed by atoms with van der Waals surface area (Å²) in [6, 6.07) is 18.4. The number of thiazole rings is 1. The van der Waals surface area contributed by atoms with Gasteiger partial charge in [0.05, 0.1) is 36.6 Å². The van der Waals surface area contributed by atoms with Crippen LogP contribution in [0.25, 0.3) is 16.8 Å². The molecular weight excluding hydrogens is 488 g/mol. The van der Waals surface area contributed by atoms with Crippen LogP contribution in [0, 0.1) is 0 Å². The van der Waals surface area contributed by atoms with E-state index >= 15 is 0 Å². The van der Waals surface area contributed by atoms with Gasteiger partial charge in [0.2, 0.25) is 0 Å². The Kier molecular flexibility index (Phi) is 6.67. The Bertz CT molecular complexity index is 1730. The lowest BCUT2D eigenvalue weighted by Gasteiger charge is -2.27. The molecule has 1 aliphatic heterocycles. The van der Waals surface area contributed by atoms with Crippen molar-refractivity contribution in [1.82, 2.24) is 4.57 Å². The van der Waals surface area contributed by atoms with Crippen LogP contribution in [0.1, 0.15) is 31.0 Å². The van der Waals surface area contributed by atoms with Gasteiger partial charge in [-0.25, -0.2) is 9.79 Å². The normalized spacial score (nSPS) is 15.4. The molecule has 0 aliphatic carbocycles. The van der Waals surface area contributed by atoms with Crippen molar-refractivity contribution in [2.75, 3.05) is 20.8 Å². The minimum atomic E-state index is -0.781. The monoisotopic (exact) mass is 514 g/mol. The molecule has 0 fully saturated rings. The first-order chi connectivity index (χ1) is 18.0. The standard InChI is InChI=1S/C29H26N2O5S/c1-5-36-28(33)24-17(2)30-29-31(27(32)23(37-29)16-19-11-7-9-13-21(19)34-3)26(24)25-20-12-8-6-10-18(20)14-15-22(25)35-4/h6-16,26H,5H2,1-4H3/b23-16+/t26-/m1/s1. The Hall–Kier alpha value is -4.17. The average Bonchev–Trinajstić information content (AvgIpc) is 3.21. The molecule has 1 aliphatic rings. The molecule has 37 heavy (non-hydrogen) atoms. The number of hydrogen-bond donors (Lipinski definition) is 0. The highest BCUT2D eigenvalue weighted by Crippen LogP contribution is 2.40. The van der Waals surface area contributed by atoms with Gasteiger partial charge in [0, 0.05) is 11.1 Å². The lowest BCUT2D eigenvalue weighted by atomic mass is 9.90. The number of carbonyl (C=O) groups is 1. The number of fused-ring (bicyclic) bond motifs is 2. The summed E-state index contributed by atoms with van der Waals surface area (Å²) >= 11 is 1.27. The van der Waals surface area contributed by atoms with E-state index in [1.807, 2.05) is 60.7 Å². The minimum absolute atomic E-state index is 0.202. The second-order valence-corrected chi connectivity index (χ2v) is 9.46. The van der Waals surface area contributed by atoms with Crippen LogP contribution in [0.4, 0.5) is 0 Å². The third-order valence-electron chi connectivity index (χ3n) is 6.37. The number of esters is 1. The first-order valence-electron chi connectivity index (χ1n) is 11.9. The summed E-state index contributed by atoms with van der Waals surface area (Å²) in [7, 11) is 3.18. The fourth-order valence-corrected chi connectivity index (χ4v) is 5.76. The fourth-order valence-electron chi connectivity index (χ4n) is 4.73. The second kappa shape index (κ2) is 10.1. The van der Waals surface area contributed by atoms with Crippen molar-refractivity contribution in [3.8, 4) is 11.5 Å². The van der Waals surface area contributed by atoms with Crippen molar-refractivity contribution in [2.24, 2.45) is 4.99 Å². The largest absolute Gasteiger partial charge is 0.496 e. The summed E-state index contributed by atoms with van der Waals surface area (Å²) in [5, 5.41) is 1.84. The van der Waals surface area contributed by atoms with Crippen molar-refractivity contribution >= 4 is 34.2 Å². The summed E-state index contributed by atoms with van der Waals surface area (Å²) in [4.78, 5) is 32.5. The number of carbonyl (C=O) groups excluding carboxylic acids is 1. The lowest BCUT2D eigenvalue weighted by Crippen LogP contribution is -2.40. The van der Waals surface area contributed by atoms with Gasteiger partial charge in [-0.3, -0.25) is 9.36 Å². The number of hydrogen-bond acceptors (Lipinski definition) is 7. The molecule has 5 rings (SSSR count). The third-order valence-corrected chi connectivity index (χ3v) is 7.35. The second-order valence-electron chi connectivity index (χ2n) is 8.45. The molecule has 1 atom stereocenters. The van der Waals surface area contributed by atoms with Crippen molar-refractivity contribution < 1.29 is 19.0 Å².